The maximum absolute atomic E-state index is 13.4. The van der Waals surface area contributed by atoms with Crippen molar-refractivity contribution in [1.82, 2.24) is 24.6 Å². The quantitative estimate of drug-likeness (QED) is 0.461. The summed E-state index contributed by atoms with van der Waals surface area (Å²) < 4.78 is 40.7. The molecular weight excluding hydrogens is 457 g/mol. The van der Waals surface area contributed by atoms with Gasteiger partial charge in [0.15, 0.2) is 0 Å². The van der Waals surface area contributed by atoms with E-state index < -0.39 is 17.9 Å². The molecule has 1 aliphatic rings. The smallest absolute Gasteiger partial charge is 0.383 e. The number of rotatable bonds is 2. The fourth-order valence-electron chi connectivity index (χ4n) is 4.48. The monoisotopic (exact) mass is 474 g/mol. The fraction of sp³-hybridized carbons (Fsp3) is 0.273. The van der Waals surface area contributed by atoms with E-state index in [9.17, 15) is 18.0 Å². The van der Waals surface area contributed by atoms with Crippen molar-refractivity contribution in [3.8, 4) is 0 Å². The van der Waals surface area contributed by atoms with Crippen molar-refractivity contribution in [2.45, 2.75) is 25.1 Å². The standard InChI is InChI=1S/C22H18ClF3N6O/c1-31(17-5-4-15-10(17)3-6-18(29-15)22(24,25)26)21(33)11-7-12-16(8-14(11)23)30-20(27)13-9-28-32(2)19(12)13/h3,6-9,17H,4-5H2,1-2H3,(H2,27,30)/t17-/m0/s1. The number of hydrogen-bond acceptors (Lipinski definition) is 5. The highest BCUT2D eigenvalue weighted by atomic mass is 35.5. The highest BCUT2D eigenvalue weighted by Gasteiger charge is 2.36. The minimum atomic E-state index is -4.51. The molecule has 0 unspecified atom stereocenters. The lowest BCUT2D eigenvalue weighted by atomic mass is 10.0. The molecule has 2 N–H and O–H groups in total. The number of carbonyl (C=O) groups excluding carboxylic acids is 1. The van der Waals surface area contributed by atoms with Crippen molar-refractivity contribution in [3.05, 3.63) is 58.0 Å². The van der Waals surface area contributed by atoms with E-state index in [1.807, 2.05) is 0 Å². The van der Waals surface area contributed by atoms with E-state index in [0.29, 0.717) is 46.2 Å². The molecule has 5 rings (SSSR count). The second-order valence-corrected chi connectivity index (χ2v) is 8.48. The maximum atomic E-state index is 13.4. The summed E-state index contributed by atoms with van der Waals surface area (Å²) >= 11 is 6.45. The van der Waals surface area contributed by atoms with Crippen LogP contribution in [0.5, 0.6) is 0 Å². The van der Waals surface area contributed by atoms with Crippen molar-refractivity contribution < 1.29 is 18.0 Å². The molecule has 0 aliphatic heterocycles. The highest BCUT2D eigenvalue weighted by Crippen LogP contribution is 2.38. The van der Waals surface area contributed by atoms with Crippen LogP contribution in [0.1, 0.15) is 39.8 Å². The minimum absolute atomic E-state index is 0.205. The Balaban J connectivity index is 1.55. The summed E-state index contributed by atoms with van der Waals surface area (Å²) in [5.74, 6) is -0.0436. The fourth-order valence-corrected chi connectivity index (χ4v) is 4.72. The zero-order chi connectivity index (χ0) is 23.7. The molecule has 1 aliphatic carbocycles. The zero-order valence-corrected chi connectivity index (χ0v) is 18.4. The summed E-state index contributed by atoms with van der Waals surface area (Å²) in [6.07, 6.45) is -2.08. The number of amides is 1. The molecule has 1 amide bonds. The lowest BCUT2D eigenvalue weighted by molar-refractivity contribution is -0.141. The van der Waals surface area contributed by atoms with E-state index in [0.717, 1.165) is 11.6 Å². The van der Waals surface area contributed by atoms with Crippen LogP contribution in [0.4, 0.5) is 19.0 Å². The Labute approximate surface area is 191 Å². The minimum Gasteiger partial charge on any atom is -0.383 e. The normalized spacial score (nSPS) is 15.9. The average molecular weight is 475 g/mol. The molecule has 3 heterocycles. The van der Waals surface area contributed by atoms with Crippen molar-refractivity contribution in [1.29, 1.82) is 0 Å². The van der Waals surface area contributed by atoms with E-state index in [1.165, 1.54) is 11.0 Å². The second-order valence-electron chi connectivity index (χ2n) is 8.08. The van der Waals surface area contributed by atoms with Crippen molar-refractivity contribution in [2.75, 3.05) is 12.8 Å². The van der Waals surface area contributed by atoms with Crippen LogP contribution in [0.15, 0.2) is 30.5 Å². The van der Waals surface area contributed by atoms with E-state index in [2.05, 4.69) is 15.1 Å². The molecule has 3 aromatic heterocycles. The van der Waals surface area contributed by atoms with E-state index in [4.69, 9.17) is 17.3 Å². The molecule has 33 heavy (non-hydrogen) atoms. The van der Waals surface area contributed by atoms with Crippen LogP contribution in [0.3, 0.4) is 0 Å². The Kier molecular flexibility index (Phi) is 4.75. The molecule has 4 aromatic rings. The van der Waals surface area contributed by atoms with Crippen LogP contribution in [-0.4, -0.2) is 37.6 Å². The predicted octanol–water partition coefficient (Wildman–Crippen LogP) is 4.53. The van der Waals surface area contributed by atoms with Gasteiger partial charge in [-0.3, -0.25) is 9.48 Å². The number of nitrogen functional groups attached to an aromatic ring is 1. The number of nitrogens with two attached hydrogens (primary N) is 1. The number of pyridine rings is 2. The lowest BCUT2D eigenvalue weighted by Gasteiger charge is -2.26. The number of nitrogens with zero attached hydrogens (tertiary/aromatic N) is 5. The zero-order valence-electron chi connectivity index (χ0n) is 17.6. The van der Waals surface area contributed by atoms with Crippen LogP contribution >= 0.6 is 11.6 Å². The topological polar surface area (TPSA) is 89.9 Å². The number of carbonyl (C=O) groups is 1. The van der Waals surface area contributed by atoms with Crippen LogP contribution < -0.4 is 5.73 Å². The number of aromatic nitrogens is 4. The van der Waals surface area contributed by atoms with Gasteiger partial charge >= 0.3 is 6.18 Å². The summed E-state index contributed by atoms with van der Waals surface area (Å²) in [5.41, 5.74) is 7.59. The Bertz CT molecular complexity index is 1450. The van der Waals surface area contributed by atoms with Crippen LogP contribution in [0.25, 0.3) is 21.8 Å². The summed E-state index contributed by atoms with van der Waals surface area (Å²) in [6, 6.07) is 5.19. The Morgan fingerprint density at radius 3 is 2.73 bits per heavy atom. The van der Waals surface area contributed by atoms with Crippen molar-refractivity contribution >= 4 is 45.1 Å². The number of aryl methyl sites for hydroxylation is 2. The van der Waals surface area contributed by atoms with Crippen molar-refractivity contribution in [3.63, 3.8) is 0 Å². The molecule has 0 saturated heterocycles. The lowest BCUT2D eigenvalue weighted by Crippen LogP contribution is -2.30. The SMILES string of the molecule is CN(C(=O)c1cc2c(cc1Cl)nc(N)c1cnn(C)c12)[C@H]1CCc2nc(C(F)(F)F)ccc21. The number of fused-ring (bicyclic) bond motifs is 4. The first-order valence-electron chi connectivity index (χ1n) is 10.1. The van der Waals surface area contributed by atoms with Gasteiger partial charge in [-0.25, -0.2) is 9.97 Å². The molecule has 0 spiro atoms. The van der Waals surface area contributed by atoms with Crippen LogP contribution in [0, 0.1) is 0 Å². The van der Waals surface area contributed by atoms with Gasteiger partial charge in [-0.05, 0) is 36.6 Å². The number of alkyl halides is 3. The van der Waals surface area contributed by atoms with Gasteiger partial charge in [-0.2, -0.15) is 18.3 Å². The second kappa shape index (κ2) is 7.31. The number of hydrogen-bond donors (Lipinski definition) is 1. The number of anilines is 1. The van der Waals surface area contributed by atoms with E-state index >= 15 is 0 Å². The molecule has 1 aromatic carbocycles. The van der Waals surface area contributed by atoms with Gasteiger partial charge in [0.05, 0.1) is 39.2 Å². The third-order valence-corrected chi connectivity index (χ3v) is 6.44. The van der Waals surface area contributed by atoms with Gasteiger partial charge < -0.3 is 10.6 Å². The van der Waals surface area contributed by atoms with Crippen molar-refractivity contribution in [2.24, 2.45) is 7.05 Å². The predicted molar refractivity (Wildman–Crippen MR) is 118 cm³/mol. The number of halogens is 4. The molecule has 11 heteroatoms. The van der Waals surface area contributed by atoms with Gasteiger partial charge in [0.1, 0.15) is 11.5 Å². The van der Waals surface area contributed by atoms with Gasteiger partial charge in [0.25, 0.3) is 5.91 Å². The Morgan fingerprint density at radius 2 is 2.00 bits per heavy atom. The van der Waals surface area contributed by atoms with Gasteiger partial charge in [-0.1, -0.05) is 17.7 Å². The highest BCUT2D eigenvalue weighted by molar-refractivity contribution is 6.35. The Morgan fingerprint density at radius 1 is 1.24 bits per heavy atom. The molecule has 0 radical (unpaired) electrons. The van der Waals surface area contributed by atoms with Crippen LogP contribution in [-0.2, 0) is 19.6 Å². The molecule has 0 bridgehead atoms. The largest absolute Gasteiger partial charge is 0.433 e. The Hall–Kier alpha value is -3.40. The third kappa shape index (κ3) is 3.36. The van der Waals surface area contributed by atoms with E-state index in [-0.39, 0.29) is 16.5 Å². The summed E-state index contributed by atoms with van der Waals surface area (Å²) in [7, 11) is 3.38. The molecule has 0 saturated carbocycles. The summed E-state index contributed by atoms with van der Waals surface area (Å²) in [4.78, 5) is 23.1. The molecule has 7 nitrogen and oxygen atoms in total. The first-order chi connectivity index (χ1) is 15.6. The molecule has 170 valence electrons. The van der Waals surface area contributed by atoms with E-state index in [1.54, 1.807) is 37.1 Å². The average Bonchev–Trinajstić information content (AvgIpc) is 3.36. The first kappa shape index (κ1) is 21.4. The third-order valence-electron chi connectivity index (χ3n) is 6.13. The maximum Gasteiger partial charge on any atom is 0.433 e. The molecular formula is C22H18ClF3N6O. The first-order valence-corrected chi connectivity index (χ1v) is 10.5. The van der Waals surface area contributed by atoms with Gasteiger partial charge in [0, 0.05) is 25.2 Å². The molecule has 0 fully saturated rings. The summed E-state index contributed by atoms with van der Waals surface area (Å²) in [6.45, 7) is 0. The van der Waals surface area contributed by atoms with Crippen LogP contribution in [0.2, 0.25) is 5.02 Å². The number of benzene rings is 1. The van der Waals surface area contributed by atoms with Gasteiger partial charge in [0.2, 0.25) is 0 Å². The summed E-state index contributed by atoms with van der Waals surface area (Å²) in [5, 5.41) is 5.77. The van der Waals surface area contributed by atoms with Gasteiger partial charge in [-0.15, -0.1) is 0 Å². The molecule has 1 atom stereocenters.